The molecule has 2 unspecified atom stereocenters. The van der Waals surface area contributed by atoms with Gasteiger partial charge in [0.1, 0.15) is 0 Å². The van der Waals surface area contributed by atoms with E-state index in [-0.39, 0.29) is 12.0 Å². The third-order valence-electron chi connectivity index (χ3n) is 3.17. The van der Waals surface area contributed by atoms with Crippen LogP contribution in [0, 0.1) is 17.2 Å². The van der Waals surface area contributed by atoms with Gasteiger partial charge in [-0.1, -0.05) is 30.3 Å². The standard InChI is InChI=1S/C14H17NO/c15-11-13-7-4-10-16-14(13)9-8-12-5-2-1-3-6-12/h1-3,5-6,13-14H,4,7-10H2. The van der Waals surface area contributed by atoms with Gasteiger partial charge < -0.3 is 4.74 Å². The first-order chi connectivity index (χ1) is 7.90. The molecule has 0 saturated carbocycles. The van der Waals surface area contributed by atoms with Crippen molar-refractivity contribution in [3.63, 3.8) is 0 Å². The van der Waals surface area contributed by atoms with Gasteiger partial charge in [-0.25, -0.2) is 0 Å². The maximum absolute atomic E-state index is 9.03. The van der Waals surface area contributed by atoms with Crippen LogP contribution in [0.5, 0.6) is 0 Å². The van der Waals surface area contributed by atoms with Gasteiger partial charge in [0.15, 0.2) is 0 Å². The predicted octanol–water partition coefficient (Wildman–Crippen LogP) is 2.94. The Bertz CT molecular complexity index is 355. The number of rotatable bonds is 3. The van der Waals surface area contributed by atoms with Crippen LogP contribution < -0.4 is 0 Å². The van der Waals surface area contributed by atoms with Crippen molar-refractivity contribution in [2.24, 2.45) is 5.92 Å². The summed E-state index contributed by atoms with van der Waals surface area (Å²) in [6.07, 6.45) is 4.13. The van der Waals surface area contributed by atoms with Gasteiger partial charge >= 0.3 is 0 Å². The number of benzene rings is 1. The number of ether oxygens (including phenoxy) is 1. The van der Waals surface area contributed by atoms with E-state index in [4.69, 9.17) is 10.00 Å². The van der Waals surface area contributed by atoms with Gasteiger partial charge in [-0.3, -0.25) is 0 Å². The molecule has 0 spiro atoms. The first kappa shape index (κ1) is 11.2. The van der Waals surface area contributed by atoms with Crippen LogP contribution >= 0.6 is 0 Å². The van der Waals surface area contributed by atoms with Gasteiger partial charge in [0.2, 0.25) is 0 Å². The molecule has 1 aromatic carbocycles. The van der Waals surface area contributed by atoms with Crippen molar-refractivity contribution < 1.29 is 4.74 Å². The van der Waals surface area contributed by atoms with E-state index in [1.54, 1.807) is 0 Å². The SMILES string of the molecule is N#CC1CCCOC1CCc1ccccc1. The van der Waals surface area contributed by atoms with Crippen LogP contribution in [0.4, 0.5) is 0 Å². The molecule has 16 heavy (non-hydrogen) atoms. The normalized spacial score (nSPS) is 24.9. The van der Waals surface area contributed by atoms with Gasteiger partial charge in [0.05, 0.1) is 18.1 Å². The van der Waals surface area contributed by atoms with Gasteiger partial charge in [-0.2, -0.15) is 5.26 Å². The Hall–Kier alpha value is -1.33. The summed E-state index contributed by atoms with van der Waals surface area (Å²) in [7, 11) is 0. The van der Waals surface area contributed by atoms with E-state index < -0.39 is 0 Å². The summed E-state index contributed by atoms with van der Waals surface area (Å²) >= 11 is 0. The molecule has 1 fully saturated rings. The number of hydrogen-bond donors (Lipinski definition) is 0. The topological polar surface area (TPSA) is 33.0 Å². The second kappa shape index (κ2) is 5.67. The van der Waals surface area contributed by atoms with Crippen LogP contribution in [0.3, 0.4) is 0 Å². The van der Waals surface area contributed by atoms with Crippen LogP contribution in [0.25, 0.3) is 0 Å². The van der Waals surface area contributed by atoms with Crippen molar-refractivity contribution in [3.05, 3.63) is 35.9 Å². The summed E-state index contributed by atoms with van der Waals surface area (Å²) < 4.78 is 5.68. The highest BCUT2D eigenvalue weighted by atomic mass is 16.5. The molecule has 2 heteroatoms. The average molecular weight is 215 g/mol. The molecule has 0 aliphatic carbocycles. The summed E-state index contributed by atoms with van der Waals surface area (Å²) in [6, 6.07) is 12.8. The van der Waals surface area contributed by atoms with Crippen molar-refractivity contribution in [1.29, 1.82) is 5.26 Å². The Labute approximate surface area is 96.9 Å². The van der Waals surface area contributed by atoms with E-state index in [0.717, 1.165) is 32.3 Å². The molecule has 0 radical (unpaired) electrons. The third kappa shape index (κ3) is 2.84. The number of nitrogens with zero attached hydrogens (tertiary/aromatic N) is 1. The van der Waals surface area contributed by atoms with Crippen LogP contribution in [0.2, 0.25) is 0 Å². The molecule has 2 atom stereocenters. The van der Waals surface area contributed by atoms with Crippen LogP contribution in [-0.4, -0.2) is 12.7 Å². The molecule has 1 aromatic rings. The zero-order chi connectivity index (χ0) is 11.2. The smallest absolute Gasteiger partial charge is 0.0736 e. The molecule has 0 aromatic heterocycles. The summed E-state index contributed by atoms with van der Waals surface area (Å²) in [4.78, 5) is 0. The molecule has 1 aliphatic heterocycles. The molecular formula is C14H17NO. The second-order valence-corrected chi connectivity index (χ2v) is 4.31. The average Bonchev–Trinajstić information content (AvgIpc) is 2.38. The van der Waals surface area contributed by atoms with E-state index in [1.165, 1.54) is 5.56 Å². The second-order valence-electron chi connectivity index (χ2n) is 4.31. The molecule has 84 valence electrons. The van der Waals surface area contributed by atoms with E-state index in [0.29, 0.717) is 0 Å². The molecule has 0 bridgehead atoms. The Kier molecular flexibility index (Phi) is 3.96. The summed E-state index contributed by atoms with van der Waals surface area (Å²) in [5.41, 5.74) is 1.33. The molecule has 2 nitrogen and oxygen atoms in total. The summed E-state index contributed by atoms with van der Waals surface area (Å²) in [5, 5.41) is 9.03. The Morgan fingerprint density at radius 3 is 2.88 bits per heavy atom. The summed E-state index contributed by atoms with van der Waals surface area (Å²) in [6.45, 7) is 0.817. The van der Waals surface area contributed by atoms with Crippen molar-refractivity contribution in [1.82, 2.24) is 0 Å². The zero-order valence-corrected chi connectivity index (χ0v) is 9.43. The first-order valence-corrected chi connectivity index (χ1v) is 5.95. The minimum absolute atomic E-state index is 0.0949. The van der Waals surface area contributed by atoms with E-state index in [2.05, 4.69) is 30.3 Å². The van der Waals surface area contributed by atoms with Crippen LogP contribution in [0.1, 0.15) is 24.8 Å². The lowest BCUT2D eigenvalue weighted by Crippen LogP contribution is -2.29. The fourth-order valence-corrected chi connectivity index (χ4v) is 2.23. The molecular weight excluding hydrogens is 198 g/mol. The molecule has 1 saturated heterocycles. The maximum atomic E-state index is 9.03. The number of hydrogen-bond acceptors (Lipinski definition) is 2. The predicted molar refractivity (Wildman–Crippen MR) is 62.8 cm³/mol. The zero-order valence-electron chi connectivity index (χ0n) is 9.43. The highest BCUT2D eigenvalue weighted by Gasteiger charge is 2.25. The molecule has 1 heterocycles. The highest BCUT2D eigenvalue weighted by Crippen LogP contribution is 2.23. The Morgan fingerprint density at radius 1 is 1.31 bits per heavy atom. The lowest BCUT2D eigenvalue weighted by Gasteiger charge is -2.27. The van der Waals surface area contributed by atoms with Gasteiger partial charge in [-0.15, -0.1) is 0 Å². The van der Waals surface area contributed by atoms with Crippen LogP contribution in [0.15, 0.2) is 30.3 Å². The largest absolute Gasteiger partial charge is 0.377 e. The number of nitriles is 1. The van der Waals surface area contributed by atoms with Crippen molar-refractivity contribution >= 4 is 0 Å². The third-order valence-corrected chi connectivity index (χ3v) is 3.17. The molecule has 0 amide bonds. The molecule has 0 N–H and O–H groups in total. The Morgan fingerprint density at radius 2 is 2.12 bits per heavy atom. The van der Waals surface area contributed by atoms with Gasteiger partial charge in [0, 0.05) is 6.61 Å². The van der Waals surface area contributed by atoms with Crippen molar-refractivity contribution in [2.45, 2.75) is 31.8 Å². The van der Waals surface area contributed by atoms with E-state index in [9.17, 15) is 0 Å². The monoisotopic (exact) mass is 215 g/mol. The maximum Gasteiger partial charge on any atom is 0.0736 e. The fraction of sp³-hybridized carbons (Fsp3) is 0.500. The number of aryl methyl sites for hydroxylation is 1. The summed E-state index contributed by atoms with van der Waals surface area (Å²) in [5.74, 6) is 0.0949. The quantitative estimate of drug-likeness (QED) is 0.776. The first-order valence-electron chi connectivity index (χ1n) is 5.95. The molecule has 1 aliphatic rings. The van der Waals surface area contributed by atoms with Crippen LogP contribution in [-0.2, 0) is 11.2 Å². The van der Waals surface area contributed by atoms with Crippen molar-refractivity contribution in [2.75, 3.05) is 6.61 Å². The lowest BCUT2D eigenvalue weighted by molar-refractivity contribution is -0.0128. The highest BCUT2D eigenvalue weighted by molar-refractivity contribution is 5.14. The fourth-order valence-electron chi connectivity index (χ4n) is 2.23. The van der Waals surface area contributed by atoms with Gasteiger partial charge in [0.25, 0.3) is 0 Å². The van der Waals surface area contributed by atoms with E-state index in [1.807, 2.05) is 6.07 Å². The van der Waals surface area contributed by atoms with Crippen molar-refractivity contribution in [3.8, 4) is 6.07 Å². The minimum atomic E-state index is 0.0949. The Balaban J connectivity index is 1.87. The molecule has 2 rings (SSSR count). The van der Waals surface area contributed by atoms with E-state index >= 15 is 0 Å². The minimum Gasteiger partial charge on any atom is -0.377 e. The van der Waals surface area contributed by atoms with Gasteiger partial charge in [-0.05, 0) is 31.2 Å². The lowest BCUT2D eigenvalue weighted by atomic mass is 9.91.